The molecule has 4 nitrogen and oxygen atoms in total. The molecular formula is C14H15F2N3O. The van der Waals surface area contributed by atoms with Gasteiger partial charge in [-0.2, -0.15) is 0 Å². The molecule has 0 amide bonds. The minimum absolute atomic E-state index is 0.295. The summed E-state index contributed by atoms with van der Waals surface area (Å²) in [6.07, 6.45) is 3.26. The number of nitrogens with one attached hydrogen (secondary N) is 1. The number of rotatable bonds is 6. The van der Waals surface area contributed by atoms with Crippen LogP contribution in [0.3, 0.4) is 0 Å². The van der Waals surface area contributed by atoms with Gasteiger partial charge in [0, 0.05) is 49.8 Å². The summed E-state index contributed by atoms with van der Waals surface area (Å²) in [7, 11) is 1.64. The minimum atomic E-state index is -0.645. The van der Waals surface area contributed by atoms with Crippen molar-refractivity contribution >= 4 is 0 Å². The van der Waals surface area contributed by atoms with Gasteiger partial charge in [0.25, 0.3) is 0 Å². The second-order valence-electron chi connectivity index (χ2n) is 4.24. The molecule has 0 fully saturated rings. The Kier molecular flexibility index (Phi) is 5.09. The average Bonchev–Trinajstić information content (AvgIpc) is 2.43. The average molecular weight is 279 g/mol. The van der Waals surface area contributed by atoms with Crippen LogP contribution >= 0.6 is 0 Å². The maximum Gasteiger partial charge on any atom is 0.159 e. The Balaban J connectivity index is 2.04. The molecule has 1 aromatic heterocycles. The van der Waals surface area contributed by atoms with Gasteiger partial charge in [0.15, 0.2) is 5.82 Å². The lowest BCUT2D eigenvalue weighted by atomic mass is 10.2. The Labute approximate surface area is 115 Å². The van der Waals surface area contributed by atoms with Crippen molar-refractivity contribution in [3.63, 3.8) is 0 Å². The molecule has 0 saturated heterocycles. The van der Waals surface area contributed by atoms with Crippen LogP contribution < -0.4 is 5.32 Å². The highest BCUT2D eigenvalue weighted by molar-refractivity contribution is 5.54. The van der Waals surface area contributed by atoms with E-state index in [2.05, 4.69) is 15.3 Å². The monoisotopic (exact) mass is 279 g/mol. The van der Waals surface area contributed by atoms with E-state index in [1.54, 1.807) is 19.5 Å². The Hall–Kier alpha value is -1.92. The zero-order valence-corrected chi connectivity index (χ0v) is 11.1. The smallest absolute Gasteiger partial charge is 0.159 e. The first-order valence-corrected chi connectivity index (χ1v) is 6.16. The van der Waals surface area contributed by atoms with Crippen molar-refractivity contribution in [2.75, 3.05) is 20.3 Å². The van der Waals surface area contributed by atoms with Crippen molar-refractivity contribution < 1.29 is 13.5 Å². The van der Waals surface area contributed by atoms with E-state index in [-0.39, 0.29) is 0 Å². The first kappa shape index (κ1) is 14.5. The number of benzene rings is 1. The van der Waals surface area contributed by atoms with Gasteiger partial charge >= 0.3 is 0 Å². The lowest BCUT2D eigenvalue weighted by Gasteiger charge is -2.05. The summed E-state index contributed by atoms with van der Waals surface area (Å²) in [4.78, 5) is 8.23. The molecule has 1 aromatic carbocycles. The van der Waals surface area contributed by atoms with E-state index in [0.29, 0.717) is 24.5 Å². The largest absolute Gasteiger partial charge is 0.383 e. The van der Waals surface area contributed by atoms with Gasteiger partial charge in [-0.1, -0.05) is 0 Å². The van der Waals surface area contributed by atoms with Gasteiger partial charge in [0.1, 0.15) is 11.6 Å². The highest BCUT2D eigenvalue weighted by Crippen LogP contribution is 2.17. The molecule has 6 heteroatoms. The van der Waals surface area contributed by atoms with Gasteiger partial charge in [-0.3, -0.25) is 0 Å². The van der Waals surface area contributed by atoms with E-state index in [1.807, 2.05) is 0 Å². The summed E-state index contributed by atoms with van der Waals surface area (Å²) in [5.41, 5.74) is 1.21. The number of halogens is 2. The third-order valence-electron chi connectivity index (χ3n) is 2.64. The van der Waals surface area contributed by atoms with Crippen LogP contribution in [0.4, 0.5) is 8.78 Å². The van der Waals surface area contributed by atoms with E-state index in [9.17, 15) is 8.78 Å². The minimum Gasteiger partial charge on any atom is -0.383 e. The van der Waals surface area contributed by atoms with Gasteiger partial charge < -0.3 is 10.1 Å². The van der Waals surface area contributed by atoms with Crippen LogP contribution in [0.1, 0.15) is 5.56 Å². The molecule has 2 aromatic rings. The number of nitrogens with zero attached hydrogens (tertiary/aromatic N) is 2. The first-order chi connectivity index (χ1) is 9.69. The maximum absolute atomic E-state index is 13.1. The molecule has 0 bridgehead atoms. The number of methoxy groups -OCH3 is 1. The Morgan fingerprint density at radius 3 is 2.35 bits per heavy atom. The van der Waals surface area contributed by atoms with E-state index >= 15 is 0 Å². The SMILES string of the molecule is COCCNCc1cnc(-c2cc(F)cc(F)c2)nc1. The highest BCUT2D eigenvalue weighted by atomic mass is 19.1. The fraction of sp³-hybridized carbons (Fsp3) is 0.286. The zero-order valence-electron chi connectivity index (χ0n) is 11.1. The summed E-state index contributed by atoms with van der Waals surface area (Å²) in [6.45, 7) is 1.97. The van der Waals surface area contributed by atoms with Gasteiger partial charge in [0.2, 0.25) is 0 Å². The fourth-order valence-electron chi connectivity index (χ4n) is 1.69. The highest BCUT2D eigenvalue weighted by Gasteiger charge is 2.05. The van der Waals surface area contributed by atoms with Crippen molar-refractivity contribution in [2.24, 2.45) is 0 Å². The van der Waals surface area contributed by atoms with Gasteiger partial charge in [-0.15, -0.1) is 0 Å². The molecule has 0 atom stereocenters. The van der Waals surface area contributed by atoms with Crippen LogP contribution in [0, 0.1) is 11.6 Å². The predicted molar refractivity (Wildman–Crippen MR) is 71.0 cm³/mol. The molecule has 0 aliphatic carbocycles. The molecule has 1 N–H and O–H groups in total. The first-order valence-electron chi connectivity index (χ1n) is 6.16. The standard InChI is InChI=1S/C14H15F2N3O/c1-20-3-2-17-7-10-8-18-14(19-9-10)11-4-12(15)6-13(16)5-11/h4-6,8-9,17H,2-3,7H2,1H3. The summed E-state index contributed by atoms with van der Waals surface area (Å²) in [6, 6.07) is 3.22. The summed E-state index contributed by atoms with van der Waals surface area (Å²) >= 11 is 0. The molecule has 0 unspecified atom stereocenters. The Morgan fingerprint density at radius 1 is 1.10 bits per heavy atom. The number of ether oxygens (including phenoxy) is 1. The molecule has 0 radical (unpaired) electrons. The van der Waals surface area contributed by atoms with E-state index < -0.39 is 11.6 Å². The Bertz CT molecular complexity index is 541. The Morgan fingerprint density at radius 2 is 1.75 bits per heavy atom. The molecule has 0 aliphatic rings. The number of hydrogen-bond donors (Lipinski definition) is 1. The number of aromatic nitrogens is 2. The van der Waals surface area contributed by atoms with Crippen LogP contribution in [0.25, 0.3) is 11.4 Å². The predicted octanol–water partition coefficient (Wildman–Crippen LogP) is 2.16. The molecule has 106 valence electrons. The van der Waals surface area contributed by atoms with Gasteiger partial charge in [-0.05, 0) is 12.1 Å². The second kappa shape index (κ2) is 7.02. The molecule has 1 heterocycles. The molecule has 0 aliphatic heterocycles. The molecule has 0 spiro atoms. The van der Waals surface area contributed by atoms with Crippen molar-refractivity contribution in [2.45, 2.75) is 6.54 Å². The van der Waals surface area contributed by atoms with Crippen molar-refractivity contribution in [1.29, 1.82) is 0 Å². The summed E-state index contributed by atoms with van der Waals surface area (Å²) in [5, 5.41) is 3.16. The summed E-state index contributed by atoms with van der Waals surface area (Å²) < 4.78 is 31.1. The van der Waals surface area contributed by atoms with Crippen LogP contribution in [0.15, 0.2) is 30.6 Å². The van der Waals surface area contributed by atoms with Crippen molar-refractivity contribution in [1.82, 2.24) is 15.3 Å². The quantitative estimate of drug-likeness (QED) is 0.823. The van der Waals surface area contributed by atoms with Crippen LogP contribution in [0.5, 0.6) is 0 Å². The van der Waals surface area contributed by atoms with Crippen molar-refractivity contribution in [3.05, 3.63) is 47.8 Å². The van der Waals surface area contributed by atoms with Gasteiger partial charge in [0.05, 0.1) is 6.61 Å². The van der Waals surface area contributed by atoms with Gasteiger partial charge in [-0.25, -0.2) is 18.7 Å². The third-order valence-corrected chi connectivity index (χ3v) is 2.64. The van der Waals surface area contributed by atoms with E-state index in [4.69, 9.17) is 4.74 Å². The molecule has 0 saturated carbocycles. The van der Waals surface area contributed by atoms with E-state index in [1.165, 1.54) is 12.1 Å². The van der Waals surface area contributed by atoms with Crippen LogP contribution in [-0.4, -0.2) is 30.2 Å². The van der Waals surface area contributed by atoms with Crippen LogP contribution in [0.2, 0.25) is 0 Å². The maximum atomic E-state index is 13.1. The second-order valence-corrected chi connectivity index (χ2v) is 4.24. The summed E-state index contributed by atoms with van der Waals surface area (Å²) in [5.74, 6) is -0.994. The zero-order chi connectivity index (χ0) is 14.4. The van der Waals surface area contributed by atoms with E-state index in [0.717, 1.165) is 18.2 Å². The molecule has 20 heavy (non-hydrogen) atoms. The normalized spacial score (nSPS) is 10.8. The lowest BCUT2D eigenvalue weighted by molar-refractivity contribution is 0.199. The number of hydrogen-bond acceptors (Lipinski definition) is 4. The third kappa shape index (κ3) is 4.04. The van der Waals surface area contributed by atoms with Crippen molar-refractivity contribution in [3.8, 4) is 11.4 Å². The molecular weight excluding hydrogens is 264 g/mol. The van der Waals surface area contributed by atoms with Crippen LogP contribution in [-0.2, 0) is 11.3 Å². The topological polar surface area (TPSA) is 47.0 Å². The molecule has 2 rings (SSSR count). The fourth-order valence-corrected chi connectivity index (χ4v) is 1.69. The lowest BCUT2D eigenvalue weighted by Crippen LogP contribution is -2.18.